The Morgan fingerprint density at radius 1 is 0.500 bits per heavy atom. The van der Waals surface area contributed by atoms with Crippen molar-refractivity contribution in [1.29, 1.82) is 5.26 Å². The van der Waals surface area contributed by atoms with Crippen LogP contribution in [0.4, 0.5) is 17.1 Å². The molecule has 1 spiro atoms. The number of hydrogen-bond acceptors (Lipinski definition) is 2. The largest absolute Gasteiger partial charge is 0.310 e. The Balaban J connectivity index is 1.39. The lowest BCUT2D eigenvalue weighted by atomic mass is 9.57. The Morgan fingerprint density at radius 3 is 1.38 bits per heavy atom. The van der Waals surface area contributed by atoms with Crippen LogP contribution < -0.4 is 4.90 Å². The van der Waals surface area contributed by atoms with Gasteiger partial charge in [-0.25, -0.2) is 10.1 Å². The molecule has 0 fully saturated rings. The standard InChI is InChI=1S/C47H29N3/c1-49-43(31-48)46-37-20-8-10-22-39(37)47(40-23-11-9-21-38(40)46)41-24-12-14-26-44(41)50(45-27-15-13-25-42(45)47)36-29-34(32-16-4-2-5-17-32)28-35(30-36)33-18-6-3-7-19-33/h2-30H. The van der Waals surface area contributed by atoms with Crippen LogP contribution in [0.1, 0.15) is 33.4 Å². The molecular weight excluding hydrogens is 607 g/mol. The number of nitrogens with zero attached hydrogens (tertiary/aromatic N) is 3. The zero-order valence-electron chi connectivity index (χ0n) is 27.1. The van der Waals surface area contributed by atoms with Gasteiger partial charge in [0.2, 0.25) is 0 Å². The summed E-state index contributed by atoms with van der Waals surface area (Å²) in [6, 6.07) is 64.3. The summed E-state index contributed by atoms with van der Waals surface area (Å²) in [6.45, 7) is 7.97. The van der Waals surface area contributed by atoms with Crippen LogP contribution >= 0.6 is 0 Å². The van der Waals surface area contributed by atoms with Gasteiger partial charge in [0.05, 0.1) is 29.4 Å². The SMILES string of the molecule is [C-]#[N+]C(C#N)=C1c2ccccc2C2(c3ccccc31)c1ccccc1N(c1cc(-c3ccccc3)cc(-c3ccccc3)c1)c1ccccc12. The minimum absolute atomic E-state index is 0.102. The average molecular weight is 636 g/mol. The lowest BCUT2D eigenvalue weighted by molar-refractivity contribution is 0.718. The van der Waals surface area contributed by atoms with E-state index in [4.69, 9.17) is 6.57 Å². The van der Waals surface area contributed by atoms with E-state index in [-0.39, 0.29) is 5.70 Å². The molecule has 9 rings (SSSR count). The van der Waals surface area contributed by atoms with Gasteiger partial charge in [0.1, 0.15) is 0 Å². The topological polar surface area (TPSA) is 31.4 Å². The first kappa shape index (κ1) is 29.2. The third kappa shape index (κ3) is 4.21. The predicted molar refractivity (Wildman–Crippen MR) is 202 cm³/mol. The Hall–Kier alpha value is -6.94. The predicted octanol–water partition coefficient (Wildman–Crippen LogP) is 11.7. The van der Waals surface area contributed by atoms with Crippen molar-refractivity contribution in [2.24, 2.45) is 0 Å². The fraction of sp³-hybridized carbons (Fsp3) is 0.0213. The molecule has 0 amide bonds. The molecule has 0 N–H and O–H groups in total. The van der Waals surface area contributed by atoms with Crippen molar-refractivity contribution >= 4 is 22.6 Å². The summed E-state index contributed by atoms with van der Waals surface area (Å²) < 4.78 is 0. The van der Waals surface area contributed by atoms with Gasteiger partial charge >= 0.3 is 0 Å². The van der Waals surface area contributed by atoms with E-state index >= 15 is 0 Å². The summed E-state index contributed by atoms with van der Waals surface area (Å²) in [4.78, 5) is 6.14. The second-order valence-electron chi connectivity index (χ2n) is 12.7. The average Bonchev–Trinajstić information content (AvgIpc) is 3.19. The quantitative estimate of drug-likeness (QED) is 0.143. The number of fused-ring (bicyclic) bond motifs is 8. The van der Waals surface area contributed by atoms with Gasteiger partial charge in [-0.3, -0.25) is 0 Å². The fourth-order valence-electron chi connectivity index (χ4n) is 8.18. The van der Waals surface area contributed by atoms with Gasteiger partial charge < -0.3 is 4.90 Å². The third-order valence-electron chi connectivity index (χ3n) is 10.1. The zero-order valence-corrected chi connectivity index (χ0v) is 27.1. The molecule has 0 unspecified atom stereocenters. The molecule has 7 aromatic rings. The molecule has 232 valence electrons. The molecule has 1 heterocycles. The normalized spacial score (nSPS) is 13.2. The number of hydrogen-bond donors (Lipinski definition) is 0. The van der Waals surface area contributed by atoms with Crippen molar-refractivity contribution in [2.45, 2.75) is 5.41 Å². The van der Waals surface area contributed by atoms with E-state index in [1.54, 1.807) is 0 Å². The van der Waals surface area contributed by atoms with E-state index in [0.717, 1.165) is 72.7 Å². The molecule has 2 aliphatic rings. The van der Waals surface area contributed by atoms with Crippen molar-refractivity contribution in [2.75, 3.05) is 4.90 Å². The summed E-state index contributed by atoms with van der Waals surface area (Å²) in [5.41, 5.74) is 14.2. The lowest BCUT2D eigenvalue weighted by Gasteiger charge is -2.49. The first-order valence-electron chi connectivity index (χ1n) is 16.7. The molecule has 0 saturated heterocycles. The molecule has 0 bridgehead atoms. The third-order valence-corrected chi connectivity index (χ3v) is 10.1. The van der Waals surface area contributed by atoms with E-state index in [2.05, 4.69) is 180 Å². The highest BCUT2D eigenvalue weighted by atomic mass is 15.2. The van der Waals surface area contributed by atoms with Crippen LogP contribution in [0.15, 0.2) is 182 Å². The Labute approximate surface area is 292 Å². The van der Waals surface area contributed by atoms with Crippen molar-refractivity contribution < 1.29 is 0 Å². The zero-order chi connectivity index (χ0) is 33.7. The van der Waals surface area contributed by atoms with E-state index in [9.17, 15) is 5.26 Å². The number of rotatable bonds is 3. The smallest absolute Gasteiger partial charge is 0.270 e. The lowest BCUT2D eigenvalue weighted by Crippen LogP contribution is -2.40. The maximum absolute atomic E-state index is 10.2. The highest BCUT2D eigenvalue weighted by Gasteiger charge is 2.51. The van der Waals surface area contributed by atoms with Gasteiger partial charge in [-0.15, -0.1) is 0 Å². The van der Waals surface area contributed by atoms with Crippen LogP contribution in [0, 0.1) is 17.9 Å². The van der Waals surface area contributed by atoms with Crippen LogP contribution in [0.3, 0.4) is 0 Å². The van der Waals surface area contributed by atoms with Crippen molar-refractivity contribution in [3.63, 3.8) is 0 Å². The molecule has 0 saturated carbocycles. The van der Waals surface area contributed by atoms with E-state index in [1.807, 2.05) is 12.1 Å². The number of para-hydroxylation sites is 2. The van der Waals surface area contributed by atoms with E-state index < -0.39 is 5.41 Å². The van der Waals surface area contributed by atoms with Gasteiger partial charge in [-0.2, -0.15) is 0 Å². The number of nitriles is 1. The maximum atomic E-state index is 10.2. The summed E-state index contributed by atoms with van der Waals surface area (Å²) in [6.07, 6.45) is 0. The van der Waals surface area contributed by atoms with Crippen molar-refractivity contribution in [3.8, 4) is 28.3 Å². The molecule has 0 atom stereocenters. The molecule has 1 aliphatic carbocycles. The second-order valence-corrected chi connectivity index (χ2v) is 12.7. The van der Waals surface area contributed by atoms with Gasteiger partial charge in [0.15, 0.2) is 0 Å². The first-order chi connectivity index (χ1) is 24.7. The molecular formula is C47H29N3. The Kier molecular flexibility index (Phi) is 6.80. The minimum atomic E-state index is -0.706. The number of benzene rings is 7. The molecule has 3 heteroatoms. The monoisotopic (exact) mass is 635 g/mol. The van der Waals surface area contributed by atoms with Crippen molar-refractivity contribution in [3.05, 3.63) is 226 Å². The van der Waals surface area contributed by atoms with Crippen molar-refractivity contribution in [1.82, 2.24) is 0 Å². The maximum Gasteiger partial charge on any atom is 0.270 e. The van der Waals surface area contributed by atoms with Gasteiger partial charge in [-0.1, -0.05) is 146 Å². The van der Waals surface area contributed by atoms with Crippen LogP contribution in [0.25, 0.3) is 32.7 Å². The van der Waals surface area contributed by atoms with E-state index in [1.165, 1.54) is 0 Å². The van der Waals surface area contributed by atoms with Crippen LogP contribution in [-0.2, 0) is 5.41 Å². The van der Waals surface area contributed by atoms with E-state index in [0.29, 0.717) is 5.57 Å². The summed E-state index contributed by atoms with van der Waals surface area (Å²) in [7, 11) is 0. The number of allylic oxidation sites excluding steroid dienone is 1. The molecule has 50 heavy (non-hydrogen) atoms. The Bertz CT molecular complexity index is 2390. The van der Waals surface area contributed by atoms with Gasteiger partial charge in [0, 0.05) is 11.3 Å². The highest BCUT2D eigenvalue weighted by Crippen LogP contribution is 2.62. The first-order valence-corrected chi connectivity index (χ1v) is 16.7. The van der Waals surface area contributed by atoms with Gasteiger partial charge in [0.25, 0.3) is 5.70 Å². The fourth-order valence-corrected chi connectivity index (χ4v) is 8.18. The molecule has 0 aromatic heterocycles. The molecule has 3 nitrogen and oxygen atoms in total. The minimum Gasteiger partial charge on any atom is -0.310 e. The number of anilines is 3. The van der Waals surface area contributed by atoms with Gasteiger partial charge in [-0.05, 0) is 86.0 Å². The van der Waals surface area contributed by atoms with Crippen LogP contribution in [0.2, 0.25) is 0 Å². The second kappa shape index (κ2) is 11.6. The summed E-state index contributed by atoms with van der Waals surface area (Å²) >= 11 is 0. The van der Waals surface area contributed by atoms with Crippen LogP contribution in [-0.4, -0.2) is 0 Å². The summed E-state index contributed by atoms with van der Waals surface area (Å²) in [5.74, 6) is 0. The van der Waals surface area contributed by atoms with Crippen LogP contribution in [0.5, 0.6) is 0 Å². The summed E-state index contributed by atoms with van der Waals surface area (Å²) in [5, 5.41) is 10.2. The highest BCUT2D eigenvalue weighted by molar-refractivity contribution is 5.98. The molecule has 0 radical (unpaired) electrons. The Morgan fingerprint density at radius 2 is 0.920 bits per heavy atom. The molecule has 1 aliphatic heterocycles. The molecule has 7 aromatic carbocycles.